The van der Waals surface area contributed by atoms with Crippen LogP contribution in [-0.2, 0) is 16.1 Å². The van der Waals surface area contributed by atoms with E-state index in [2.05, 4.69) is 26.6 Å². The molecule has 3 rings (SSSR count). The van der Waals surface area contributed by atoms with E-state index in [4.69, 9.17) is 0 Å². The van der Waals surface area contributed by atoms with E-state index in [1.807, 2.05) is 44.2 Å². The number of anilines is 1. The molecule has 1 aliphatic heterocycles. The molecule has 1 aliphatic rings. The van der Waals surface area contributed by atoms with Gasteiger partial charge in [-0.25, -0.2) is 0 Å². The summed E-state index contributed by atoms with van der Waals surface area (Å²) in [5, 5.41) is 5.96. The molecule has 2 heterocycles. The zero-order valence-corrected chi connectivity index (χ0v) is 16.6. The molecular formula is C22H28N4O2. The van der Waals surface area contributed by atoms with Gasteiger partial charge in [0.2, 0.25) is 11.8 Å². The second-order valence-electron chi connectivity index (χ2n) is 7.46. The Balaban J connectivity index is 1.41. The molecule has 0 saturated carbocycles. The van der Waals surface area contributed by atoms with Crippen molar-refractivity contribution in [1.82, 2.24) is 15.2 Å². The summed E-state index contributed by atoms with van der Waals surface area (Å²) in [4.78, 5) is 31.1. The number of amides is 2. The predicted molar refractivity (Wildman–Crippen MR) is 110 cm³/mol. The van der Waals surface area contributed by atoms with Gasteiger partial charge in [0.25, 0.3) is 0 Å². The molecule has 1 aromatic carbocycles. The Morgan fingerprint density at radius 2 is 1.93 bits per heavy atom. The molecule has 28 heavy (non-hydrogen) atoms. The number of piperidine rings is 1. The number of likely N-dealkylation sites (tertiary alicyclic amines) is 1. The third-order valence-electron chi connectivity index (χ3n) is 5.15. The van der Waals surface area contributed by atoms with Crippen molar-refractivity contribution in [2.45, 2.75) is 33.2 Å². The number of carbonyl (C=O) groups excluding carboxylic acids is 2. The number of nitrogens with one attached hydrogen (secondary N) is 2. The topological polar surface area (TPSA) is 74.3 Å². The molecule has 0 bridgehead atoms. The minimum Gasteiger partial charge on any atom is -0.350 e. The second kappa shape index (κ2) is 9.46. The minimum absolute atomic E-state index is 0.00219. The van der Waals surface area contributed by atoms with Gasteiger partial charge < -0.3 is 10.6 Å². The molecule has 0 radical (unpaired) electrons. The van der Waals surface area contributed by atoms with Gasteiger partial charge in [-0.05, 0) is 63.5 Å². The maximum atomic E-state index is 12.4. The van der Waals surface area contributed by atoms with E-state index < -0.39 is 0 Å². The van der Waals surface area contributed by atoms with E-state index in [1.165, 1.54) is 5.56 Å². The van der Waals surface area contributed by atoms with Gasteiger partial charge in [0.15, 0.2) is 0 Å². The monoisotopic (exact) mass is 380 g/mol. The van der Waals surface area contributed by atoms with E-state index in [0.717, 1.165) is 42.9 Å². The zero-order valence-electron chi connectivity index (χ0n) is 16.6. The normalized spacial score (nSPS) is 15.2. The van der Waals surface area contributed by atoms with Crippen LogP contribution in [0, 0.1) is 19.8 Å². The molecule has 2 N–H and O–H groups in total. The molecular weight excluding hydrogens is 352 g/mol. The summed E-state index contributed by atoms with van der Waals surface area (Å²) < 4.78 is 0. The fourth-order valence-electron chi connectivity index (χ4n) is 3.52. The van der Waals surface area contributed by atoms with Gasteiger partial charge in [0.05, 0.1) is 18.8 Å². The summed E-state index contributed by atoms with van der Waals surface area (Å²) in [5.41, 5.74) is 3.96. The minimum atomic E-state index is -0.00925. The average Bonchev–Trinajstić information content (AvgIpc) is 2.69. The van der Waals surface area contributed by atoms with Gasteiger partial charge in [-0.3, -0.25) is 19.5 Å². The lowest BCUT2D eigenvalue weighted by Crippen LogP contribution is -2.43. The molecule has 2 aromatic rings. The number of aromatic nitrogens is 1. The van der Waals surface area contributed by atoms with E-state index in [-0.39, 0.29) is 17.7 Å². The van der Waals surface area contributed by atoms with Gasteiger partial charge in [-0.2, -0.15) is 0 Å². The van der Waals surface area contributed by atoms with Crippen molar-refractivity contribution in [3.05, 3.63) is 59.4 Å². The number of carbonyl (C=O) groups is 2. The van der Waals surface area contributed by atoms with Crippen molar-refractivity contribution in [1.29, 1.82) is 0 Å². The highest BCUT2D eigenvalue weighted by atomic mass is 16.2. The summed E-state index contributed by atoms with van der Waals surface area (Å²) >= 11 is 0. The Kier molecular flexibility index (Phi) is 6.76. The van der Waals surface area contributed by atoms with E-state index in [9.17, 15) is 9.59 Å². The van der Waals surface area contributed by atoms with Crippen molar-refractivity contribution >= 4 is 17.5 Å². The number of aryl methyl sites for hydroxylation is 2. The second-order valence-corrected chi connectivity index (χ2v) is 7.46. The standard InChI is InChI=1S/C22H28N4O2/c1-16-6-7-20(17(2)13-16)25-21(27)15-26-11-8-18(9-12-26)22(28)24-14-19-5-3-4-10-23-19/h3-7,10,13,18H,8-9,11-12,14-15H2,1-2H3,(H,24,28)(H,25,27). The quantitative estimate of drug-likeness (QED) is 0.808. The fraction of sp³-hybridized carbons (Fsp3) is 0.409. The van der Waals surface area contributed by atoms with Crippen LogP contribution in [0.3, 0.4) is 0 Å². The van der Waals surface area contributed by atoms with Crippen molar-refractivity contribution in [2.24, 2.45) is 5.92 Å². The third-order valence-corrected chi connectivity index (χ3v) is 5.15. The van der Waals surface area contributed by atoms with Crippen LogP contribution < -0.4 is 10.6 Å². The average molecular weight is 380 g/mol. The van der Waals surface area contributed by atoms with Crippen LogP contribution in [0.4, 0.5) is 5.69 Å². The van der Waals surface area contributed by atoms with Crippen LogP contribution in [0.15, 0.2) is 42.6 Å². The van der Waals surface area contributed by atoms with Gasteiger partial charge in [0, 0.05) is 17.8 Å². The van der Waals surface area contributed by atoms with Crippen LogP contribution in [0.1, 0.15) is 29.7 Å². The van der Waals surface area contributed by atoms with Gasteiger partial charge in [-0.15, -0.1) is 0 Å². The maximum absolute atomic E-state index is 12.4. The van der Waals surface area contributed by atoms with Crippen LogP contribution in [0.2, 0.25) is 0 Å². The van der Waals surface area contributed by atoms with Crippen LogP contribution in [0.5, 0.6) is 0 Å². The number of pyridine rings is 1. The molecule has 0 unspecified atom stereocenters. The lowest BCUT2D eigenvalue weighted by atomic mass is 9.96. The summed E-state index contributed by atoms with van der Waals surface area (Å²) in [6.45, 7) is 6.35. The first kappa shape index (κ1) is 20.0. The highest BCUT2D eigenvalue weighted by Gasteiger charge is 2.25. The number of rotatable bonds is 6. The molecule has 6 heteroatoms. The first-order chi connectivity index (χ1) is 13.5. The molecule has 1 aromatic heterocycles. The first-order valence-electron chi connectivity index (χ1n) is 9.78. The lowest BCUT2D eigenvalue weighted by Gasteiger charge is -2.30. The highest BCUT2D eigenvalue weighted by molar-refractivity contribution is 5.93. The summed E-state index contributed by atoms with van der Waals surface area (Å²) in [5.74, 6) is 0.0670. The third kappa shape index (κ3) is 5.63. The molecule has 0 atom stereocenters. The molecule has 2 amide bonds. The zero-order chi connectivity index (χ0) is 19.9. The molecule has 6 nitrogen and oxygen atoms in total. The lowest BCUT2D eigenvalue weighted by molar-refractivity contribution is -0.126. The number of hydrogen-bond donors (Lipinski definition) is 2. The predicted octanol–water partition coefficient (Wildman–Crippen LogP) is 2.67. The Bertz CT molecular complexity index is 815. The summed E-state index contributed by atoms with van der Waals surface area (Å²) in [7, 11) is 0. The van der Waals surface area contributed by atoms with Crippen LogP contribution >= 0.6 is 0 Å². The Morgan fingerprint density at radius 3 is 2.61 bits per heavy atom. The van der Waals surface area contributed by atoms with Crippen molar-refractivity contribution in [2.75, 3.05) is 25.0 Å². The van der Waals surface area contributed by atoms with Crippen LogP contribution in [-0.4, -0.2) is 41.3 Å². The SMILES string of the molecule is Cc1ccc(NC(=O)CN2CCC(C(=O)NCc3ccccn3)CC2)c(C)c1. The van der Waals surface area contributed by atoms with Crippen molar-refractivity contribution in [3.8, 4) is 0 Å². The van der Waals surface area contributed by atoms with E-state index >= 15 is 0 Å². The maximum Gasteiger partial charge on any atom is 0.238 e. The smallest absolute Gasteiger partial charge is 0.238 e. The number of hydrogen-bond acceptors (Lipinski definition) is 4. The Labute approximate surface area is 166 Å². The van der Waals surface area contributed by atoms with Crippen LogP contribution in [0.25, 0.3) is 0 Å². The largest absolute Gasteiger partial charge is 0.350 e. The molecule has 0 spiro atoms. The number of nitrogens with zero attached hydrogens (tertiary/aromatic N) is 2. The highest BCUT2D eigenvalue weighted by Crippen LogP contribution is 2.19. The van der Waals surface area contributed by atoms with Gasteiger partial charge in [-0.1, -0.05) is 23.8 Å². The molecule has 0 aliphatic carbocycles. The van der Waals surface area contributed by atoms with Crippen molar-refractivity contribution < 1.29 is 9.59 Å². The summed E-state index contributed by atoms with van der Waals surface area (Å²) in [6, 6.07) is 11.7. The van der Waals surface area contributed by atoms with Crippen molar-refractivity contribution in [3.63, 3.8) is 0 Å². The molecule has 1 saturated heterocycles. The molecule has 148 valence electrons. The van der Waals surface area contributed by atoms with Gasteiger partial charge >= 0.3 is 0 Å². The van der Waals surface area contributed by atoms with Gasteiger partial charge in [0.1, 0.15) is 0 Å². The Hall–Kier alpha value is -2.73. The summed E-state index contributed by atoms with van der Waals surface area (Å²) in [6.07, 6.45) is 3.26. The van der Waals surface area contributed by atoms with E-state index in [1.54, 1.807) is 6.20 Å². The first-order valence-corrected chi connectivity index (χ1v) is 9.78. The molecule has 1 fully saturated rings. The van der Waals surface area contributed by atoms with E-state index in [0.29, 0.717) is 13.1 Å². The Morgan fingerprint density at radius 1 is 1.14 bits per heavy atom. The number of benzene rings is 1. The fourth-order valence-corrected chi connectivity index (χ4v) is 3.52.